The molecule has 0 spiro atoms. The number of aromatic amines is 1. The van der Waals surface area contributed by atoms with Gasteiger partial charge in [0, 0.05) is 66.8 Å². The first-order chi connectivity index (χ1) is 13.7. The smallest absolute Gasteiger partial charge is 0.376 e. The highest BCUT2D eigenvalue weighted by Gasteiger charge is 2.39. The van der Waals surface area contributed by atoms with Crippen molar-refractivity contribution in [1.82, 2.24) is 24.7 Å². The van der Waals surface area contributed by atoms with Crippen LogP contribution in [0.3, 0.4) is 0 Å². The lowest BCUT2D eigenvalue weighted by Crippen LogP contribution is -2.54. The molecule has 3 aromatic heterocycles. The minimum absolute atomic E-state index is 0.381. The fraction of sp³-hybridized carbons (Fsp3) is 0.450. The summed E-state index contributed by atoms with van der Waals surface area (Å²) in [6.45, 7) is 3.85. The lowest BCUT2D eigenvalue weighted by molar-refractivity contribution is 0.246. The summed E-state index contributed by atoms with van der Waals surface area (Å²) in [6, 6.07) is 3.04. The number of hydrogen-bond donors (Lipinski definition) is 2. The van der Waals surface area contributed by atoms with Crippen molar-refractivity contribution in [2.24, 2.45) is 0 Å². The highest BCUT2D eigenvalue weighted by Crippen LogP contribution is 2.37. The van der Waals surface area contributed by atoms with E-state index in [0.717, 1.165) is 48.1 Å². The zero-order valence-corrected chi connectivity index (χ0v) is 16.1. The predicted molar refractivity (Wildman–Crippen MR) is 111 cm³/mol. The zero-order chi connectivity index (χ0) is 19.1. The van der Waals surface area contributed by atoms with E-state index in [1.54, 1.807) is 6.33 Å². The van der Waals surface area contributed by atoms with Crippen LogP contribution in [0.15, 0.2) is 37.2 Å². The van der Waals surface area contributed by atoms with Gasteiger partial charge in [0.15, 0.2) is 0 Å². The van der Waals surface area contributed by atoms with Crippen LogP contribution in [0.4, 0.5) is 5.69 Å². The van der Waals surface area contributed by atoms with Gasteiger partial charge in [-0.25, -0.2) is 15.0 Å². The van der Waals surface area contributed by atoms with Crippen LogP contribution in [-0.2, 0) is 0 Å². The quantitative estimate of drug-likeness (QED) is 0.667. The number of pyridine rings is 1. The average Bonchev–Trinajstić information content (AvgIpc) is 3.45. The third kappa shape index (κ3) is 3.16. The number of fused-ring (bicyclic) bond motifs is 1. The Balaban J connectivity index is 1.51. The topological polar surface area (TPSA) is 81.2 Å². The third-order valence-electron chi connectivity index (χ3n) is 5.98. The first-order valence-electron chi connectivity index (χ1n) is 10.1. The number of hydrogen-bond acceptors (Lipinski definition) is 6. The SMILES string of the molecule is CB(O)N(C1CC1)[C@H]1CCCN(c2ccnc3[nH]cc(-c4cncnc4)c23)C1. The van der Waals surface area contributed by atoms with Gasteiger partial charge in [-0.3, -0.25) is 0 Å². The van der Waals surface area contributed by atoms with Crippen molar-refractivity contribution in [2.45, 2.75) is 44.6 Å². The summed E-state index contributed by atoms with van der Waals surface area (Å²) in [5.41, 5.74) is 4.14. The largest absolute Gasteiger partial charge is 0.437 e. The first-order valence-corrected chi connectivity index (χ1v) is 10.1. The summed E-state index contributed by atoms with van der Waals surface area (Å²) in [5.74, 6) is 0. The molecule has 2 N–H and O–H groups in total. The normalized spacial score (nSPS) is 20.1. The second-order valence-corrected chi connectivity index (χ2v) is 7.94. The van der Waals surface area contributed by atoms with Crippen molar-refractivity contribution in [2.75, 3.05) is 18.0 Å². The van der Waals surface area contributed by atoms with Crippen LogP contribution >= 0.6 is 0 Å². The molecule has 28 heavy (non-hydrogen) atoms. The number of nitrogens with one attached hydrogen (secondary N) is 1. The van der Waals surface area contributed by atoms with Crippen LogP contribution in [0.2, 0.25) is 6.82 Å². The lowest BCUT2D eigenvalue weighted by Gasteiger charge is -2.41. The number of anilines is 1. The molecular formula is C20H25BN6O. The van der Waals surface area contributed by atoms with Crippen molar-refractivity contribution in [3.63, 3.8) is 0 Å². The molecule has 2 aliphatic rings. The summed E-state index contributed by atoms with van der Waals surface area (Å²) in [6.07, 6.45) is 13.8. The van der Waals surface area contributed by atoms with Gasteiger partial charge in [0.05, 0.1) is 5.39 Å². The van der Waals surface area contributed by atoms with E-state index >= 15 is 0 Å². The van der Waals surface area contributed by atoms with Crippen LogP contribution < -0.4 is 4.90 Å². The number of H-pyrrole nitrogens is 1. The van der Waals surface area contributed by atoms with Gasteiger partial charge in [0.25, 0.3) is 0 Å². The predicted octanol–water partition coefficient (Wildman–Crippen LogP) is 2.56. The highest BCUT2D eigenvalue weighted by atomic mass is 16.2. The van der Waals surface area contributed by atoms with Crippen LogP contribution in [0.25, 0.3) is 22.2 Å². The molecular weight excluding hydrogens is 351 g/mol. The van der Waals surface area contributed by atoms with E-state index in [9.17, 15) is 5.02 Å². The Morgan fingerprint density at radius 3 is 2.79 bits per heavy atom. The van der Waals surface area contributed by atoms with E-state index in [-0.39, 0.29) is 7.05 Å². The Hall–Kier alpha value is -2.45. The molecule has 5 rings (SSSR count). The molecule has 8 heteroatoms. The second kappa shape index (κ2) is 7.18. The van der Waals surface area contributed by atoms with E-state index in [4.69, 9.17) is 0 Å². The van der Waals surface area contributed by atoms with E-state index in [1.807, 2.05) is 31.6 Å². The van der Waals surface area contributed by atoms with E-state index < -0.39 is 0 Å². The van der Waals surface area contributed by atoms with Gasteiger partial charge in [0.2, 0.25) is 0 Å². The van der Waals surface area contributed by atoms with Gasteiger partial charge < -0.3 is 19.7 Å². The zero-order valence-electron chi connectivity index (χ0n) is 16.1. The average molecular weight is 376 g/mol. The minimum atomic E-state index is -0.390. The van der Waals surface area contributed by atoms with Crippen LogP contribution in [0, 0.1) is 0 Å². The van der Waals surface area contributed by atoms with Crippen molar-refractivity contribution < 1.29 is 5.02 Å². The van der Waals surface area contributed by atoms with Gasteiger partial charge in [-0.1, -0.05) is 0 Å². The molecule has 0 unspecified atom stereocenters. The molecule has 7 nitrogen and oxygen atoms in total. The van der Waals surface area contributed by atoms with Crippen molar-refractivity contribution in [3.05, 3.63) is 37.2 Å². The molecule has 1 atom stereocenters. The monoisotopic (exact) mass is 376 g/mol. The Bertz CT molecular complexity index is 956. The first kappa shape index (κ1) is 17.6. The Morgan fingerprint density at radius 1 is 1.21 bits per heavy atom. The van der Waals surface area contributed by atoms with E-state index in [1.165, 1.54) is 18.5 Å². The maximum atomic E-state index is 10.3. The third-order valence-corrected chi connectivity index (χ3v) is 5.98. The maximum absolute atomic E-state index is 10.3. The maximum Gasteiger partial charge on any atom is 0.376 e. The number of aromatic nitrogens is 4. The molecule has 0 aromatic carbocycles. The van der Waals surface area contributed by atoms with Gasteiger partial charge in [-0.2, -0.15) is 0 Å². The standard InChI is InChI=1S/C20H25BN6O/c1-21(28)27(15-4-5-15)16-3-2-8-26(12-16)18-6-7-24-20-19(18)17(11-25-20)14-9-22-13-23-10-14/h6-7,9-11,13,15-16,28H,2-5,8,12H2,1H3,(H,24,25)/t16-/m0/s1. The molecule has 0 radical (unpaired) electrons. The Morgan fingerprint density at radius 2 is 2.04 bits per heavy atom. The summed E-state index contributed by atoms with van der Waals surface area (Å²) in [5, 5.41) is 11.5. The fourth-order valence-electron chi connectivity index (χ4n) is 4.67. The van der Waals surface area contributed by atoms with Crippen molar-refractivity contribution in [3.8, 4) is 11.1 Å². The van der Waals surface area contributed by atoms with E-state index in [0.29, 0.717) is 12.1 Å². The molecule has 1 saturated heterocycles. The summed E-state index contributed by atoms with van der Waals surface area (Å²) < 4.78 is 0. The van der Waals surface area contributed by atoms with Crippen LogP contribution in [0.1, 0.15) is 25.7 Å². The van der Waals surface area contributed by atoms with Crippen molar-refractivity contribution >= 4 is 23.8 Å². The van der Waals surface area contributed by atoms with Gasteiger partial charge in [-0.15, -0.1) is 0 Å². The van der Waals surface area contributed by atoms with Crippen molar-refractivity contribution in [1.29, 1.82) is 0 Å². The molecule has 4 heterocycles. The summed E-state index contributed by atoms with van der Waals surface area (Å²) >= 11 is 0. The van der Waals surface area contributed by atoms with Gasteiger partial charge in [-0.05, 0) is 38.6 Å². The molecule has 1 aliphatic carbocycles. The molecule has 0 bridgehead atoms. The highest BCUT2D eigenvalue weighted by molar-refractivity contribution is 6.45. The Kier molecular flexibility index (Phi) is 4.52. The summed E-state index contributed by atoms with van der Waals surface area (Å²) in [7, 11) is -0.390. The van der Waals surface area contributed by atoms with E-state index in [2.05, 4.69) is 35.7 Å². The van der Waals surface area contributed by atoms with Gasteiger partial charge in [0.1, 0.15) is 12.0 Å². The lowest BCUT2D eigenvalue weighted by atomic mass is 9.81. The second-order valence-electron chi connectivity index (χ2n) is 7.94. The molecule has 3 aromatic rings. The molecule has 0 amide bonds. The fourth-order valence-corrected chi connectivity index (χ4v) is 4.67. The molecule has 1 saturated carbocycles. The van der Waals surface area contributed by atoms with Gasteiger partial charge >= 0.3 is 7.05 Å². The molecule has 1 aliphatic heterocycles. The number of piperidine rings is 1. The summed E-state index contributed by atoms with van der Waals surface area (Å²) in [4.78, 5) is 21.0. The van der Waals surface area contributed by atoms with Crippen LogP contribution in [-0.4, -0.2) is 62.0 Å². The molecule has 2 fully saturated rings. The van der Waals surface area contributed by atoms with Crippen LogP contribution in [0.5, 0.6) is 0 Å². The molecule has 144 valence electrons. The Labute approximate surface area is 165 Å². The number of nitrogens with zero attached hydrogens (tertiary/aromatic N) is 5. The minimum Gasteiger partial charge on any atom is -0.437 e. The number of rotatable bonds is 5.